The fourth-order valence-corrected chi connectivity index (χ4v) is 1.34. The number of amides is 1. The average Bonchev–Trinajstić information content (AvgIpc) is 2.21. The Morgan fingerprint density at radius 2 is 2.06 bits per heavy atom. The number of rotatable bonds is 3. The molecule has 94 valence electrons. The number of carbonyl (C=O) groups excluding carboxylic acids is 1. The van der Waals surface area contributed by atoms with E-state index in [0.29, 0.717) is 5.56 Å². The molecule has 1 N–H and O–H groups in total. The van der Waals surface area contributed by atoms with Crippen molar-refractivity contribution in [2.45, 2.75) is 31.7 Å². The van der Waals surface area contributed by atoms with Crippen LogP contribution in [0.25, 0.3) is 0 Å². The number of benzene rings is 1. The van der Waals surface area contributed by atoms with E-state index in [4.69, 9.17) is 23.2 Å². The van der Waals surface area contributed by atoms with Crippen LogP contribution < -0.4 is 5.32 Å². The second kappa shape index (κ2) is 5.23. The number of carbonyl (C=O) groups is 1. The highest BCUT2D eigenvalue weighted by Gasteiger charge is 2.26. The van der Waals surface area contributed by atoms with E-state index in [1.54, 1.807) is 6.92 Å². The summed E-state index contributed by atoms with van der Waals surface area (Å²) in [5, 5.41) is 2.46. The molecule has 0 bridgehead atoms. The van der Waals surface area contributed by atoms with Crippen LogP contribution in [-0.2, 0) is 0 Å². The fourth-order valence-electron chi connectivity index (χ4n) is 1.10. The zero-order valence-corrected chi connectivity index (χ0v) is 11.4. The van der Waals surface area contributed by atoms with Crippen LogP contribution in [0.4, 0.5) is 4.39 Å². The summed E-state index contributed by atoms with van der Waals surface area (Å²) in [5.74, 6) is -0.877. The van der Waals surface area contributed by atoms with Gasteiger partial charge in [-0.05, 0) is 39.0 Å². The van der Waals surface area contributed by atoms with Gasteiger partial charge in [-0.3, -0.25) is 4.79 Å². The molecule has 1 amide bonds. The van der Waals surface area contributed by atoms with E-state index in [1.165, 1.54) is 12.1 Å². The maximum Gasteiger partial charge on any atom is 0.251 e. The lowest BCUT2D eigenvalue weighted by molar-refractivity contribution is 0.0912. The van der Waals surface area contributed by atoms with Gasteiger partial charge in [0.25, 0.3) is 5.91 Å². The Kier molecular flexibility index (Phi) is 4.39. The van der Waals surface area contributed by atoms with Crippen LogP contribution in [-0.4, -0.2) is 16.8 Å². The van der Waals surface area contributed by atoms with Crippen molar-refractivity contribution in [2.75, 3.05) is 0 Å². The summed E-state index contributed by atoms with van der Waals surface area (Å²) in [5.41, 5.74) is -0.249. The number of halogens is 3. The molecule has 1 rings (SSSR count). The summed E-state index contributed by atoms with van der Waals surface area (Å²) < 4.78 is 12.9. The van der Waals surface area contributed by atoms with Crippen LogP contribution in [0.1, 0.15) is 31.1 Å². The Labute approximate surface area is 110 Å². The van der Waals surface area contributed by atoms with Crippen molar-refractivity contribution in [1.29, 1.82) is 0 Å². The third-order valence-corrected chi connectivity index (χ3v) is 3.45. The van der Waals surface area contributed by atoms with Crippen LogP contribution in [0, 0.1) is 5.82 Å². The highest BCUT2D eigenvalue weighted by atomic mass is 35.5. The molecule has 0 heterocycles. The van der Waals surface area contributed by atoms with Crippen molar-refractivity contribution in [3.05, 3.63) is 34.6 Å². The van der Waals surface area contributed by atoms with Crippen molar-refractivity contribution >= 4 is 29.1 Å². The Balaban J connectivity index is 2.87. The first-order chi connectivity index (χ1) is 7.74. The molecule has 0 aromatic heterocycles. The zero-order valence-electron chi connectivity index (χ0n) is 9.85. The van der Waals surface area contributed by atoms with Gasteiger partial charge in [-0.25, -0.2) is 4.39 Å². The average molecular weight is 278 g/mol. The minimum absolute atomic E-state index is 0.0746. The van der Waals surface area contributed by atoms with Crippen LogP contribution >= 0.6 is 23.2 Å². The molecule has 1 atom stereocenters. The van der Waals surface area contributed by atoms with Gasteiger partial charge < -0.3 is 5.32 Å². The maximum atomic E-state index is 12.9. The van der Waals surface area contributed by atoms with E-state index in [1.807, 2.05) is 13.8 Å². The van der Waals surface area contributed by atoms with E-state index in [9.17, 15) is 9.18 Å². The molecule has 0 saturated heterocycles. The predicted octanol–water partition coefficient (Wildman–Crippen LogP) is 3.61. The number of hydrogen-bond donors (Lipinski definition) is 1. The van der Waals surface area contributed by atoms with Gasteiger partial charge in [0.2, 0.25) is 0 Å². The van der Waals surface area contributed by atoms with E-state index in [-0.39, 0.29) is 16.3 Å². The van der Waals surface area contributed by atoms with Gasteiger partial charge in [0, 0.05) is 5.56 Å². The largest absolute Gasteiger partial charge is 0.346 e. The third kappa shape index (κ3) is 3.58. The smallest absolute Gasteiger partial charge is 0.251 e. The molecule has 0 radical (unpaired) electrons. The van der Waals surface area contributed by atoms with E-state index in [0.717, 1.165) is 6.07 Å². The van der Waals surface area contributed by atoms with Gasteiger partial charge in [-0.2, -0.15) is 0 Å². The second-order valence-corrected chi connectivity index (χ2v) is 5.48. The molecular weight excluding hydrogens is 264 g/mol. The first-order valence-corrected chi connectivity index (χ1v) is 5.97. The maximum absolute atomic E-state index is 12.9. The van der Waals surface area contributed by atoms with Gasteiger partial charge in [-0.15, -0.1) is 11.6 Å². The topological polar surface area (TPSA) is 29.1 Å². The van der Waals surface area contributed by atoms with Crippen LogP contribution in [0.15, 0.2) is 18.2 Å². The van der Waals surface area contributed by atoms with E-state index >= 15 is 0 Å². The lowest BCUT2D eigenvalue weighted by atomic mass is 10.0. The van der Waals surface area contributed by atoms with Gasteiger partial charge in [-0.1, -0.05) is 11.6 Å². The predicted molar refractivity (Wildman–Crippen MR) is 68.3 cm³/mol. The molecule has 0 aliphatic carbocycles. The summed E-state index contributed by atoms with van der Waals surface area (Å²) in [4.78, 5) is 11.9. The molecule has 0 aliphatic heterocycles. The number of nitrogens with one attached hydrogen (secondary N) is 1. The van der Waals surface area contributed by atoms with E-state index < -0.39 is 11.4 Å². The molecule has 5 heteroatoms. The minimum Gasteiger partial charge on any atom is -0.346 e. The quantitative estimate of drug-likeness (QED) is 0.841. The Morgan fingerprint density at radius 3 is 2.53 bits per heavy atom. The lowest BCUT2D eigenvalue weighted by Crippen LogP contribution is -2.49. The van der Waals surface area contributed by atoms with Crippen LogP contribution in [0.3, 0.4) is 0 Å². The summed E-state index contributed by atoms with van der Waals surface area (Å²) >= 11 is 11.6. The van der Waals surface area contributed by atoms with Crippen LogP contribution in [0.2, 0.25) is 5.02 Å². The summed E-state index contributed by atoms with van der Waals surface area (Å²) in [6.07, 6.45) is 0. The summed E-state index contributed by atoms with van der Waals surface area (Å²) in [7, 11) is 0. The molecule has 1 aromatic carbocycles. The first kappa shape index (κ1) is 14.3. The SMILES string of the molecule is CC(Cl)C(C)(C)NC(=O)c1ccc(F)c(Cl)c1. The minimum atomic E-state index is -0.556. The standard InChI is InChI=1S/C12H14Cl2FNO/c1-7(13)12(2,3)16-11(17)8-4-5-10(15)9(14)6-8/h4-7H,1-3H3,(H,16,17). The molecule has 2 nitrogen and oxygen atoms in total. The molecule has 0 fully saturated rings. The van der Waals surface area contributed by atoms with Gasteiger partial charge >= 0.3 is 0 Å². The molecular formula is C12H14Cl2FNO. The number of hydrogen-bond acceptors (Lipinski definition) is 1. The van der Waals surface area contributed by atoms with Crippen molar-refractivity contribution in [1.82, 2.24) is 5.32 Å². The Hall–Kier alpha value is -0.800. The third-order valence-electron chi connectivity index (χ3n) is 2.61. The Morgan fingerprint density at radius 1 is 1.47 bits per heavy atom. The first-order valence-electron chi connectivity index (χ1n) is 5.15. The molecule has 0 spiro atoms. The normalized spacial score (nSPS) is 13.3. The fraction of sp³-hybridized carbons (Fsp3) is 0.417. The highest BCUT2D eigenvalue weighted by molar-refractivity contribution is 6.31. The van der Waals surface area contributed by atoms with Crippen molar-refractivity contribution in [3.8, 4) is 0 Å². The molecule has 1 aromatic rings. The molecule has 0 saturated carbocycles. The van der Waals surface area contributed by atoms with Crippen molar-refractivity contribution < 1.29 is 9.18 Å². The van der Waals surface area contributed by atoms with Crippen molar-refractivity contribution in [2.24, 2.45) is 0 Å². The van der Waals surface area contributed by atoms with Gasteiger partial charge in [0.1, 0.15) is 5.82 Å². The van der Waals surface area contributed by atoms with Gasteiger partial charge in [0.05, 0.1) is 15.9 Å². The monoisotopic (exact) mass is 277 g/mol. The zero-order chi connectivity index (χ0) is 13.2. The van der Waals surface area contributed by atoms with Crippen molar-refractivity contribution in [3.63, 3.8) is 0 Å². The molecule has 17 heavy (non-hydrogen) atoms. The Bertz CT molecular complexity index is 433. The molecule has 0 aliphatic rings. The number of alkyl halides is 1. The summed E-state index contributed by atoms with van der Waals surface area (Å²) in [6.45, 7) is 5.42. The van der Waals surface area contributed by atoms with Crippen LogP contribution in [0.5, 0.6) is 0 Å². The highest BCUT2D eigenvalue weighted by Crippen LogP contribution is 2.18. The molecule has 1 unspecified atom stereocenters. The summed E-state index contributed by atoms with van der Waals surface area (Å²) in [6, 6.07) is 3.83. The second-order valence-electron chi connectivity index (χ2n) is 4.42. The van der Waals surface area contributed by atoms with Gasteiger partial charge in [0.15, 0.2) is 0 Å². The van der Waals surface area contributed by atoms with E-state index in [2.05, 4.69) is 5.32 Å². The lowest BCUT2D eigenvalue weighted by Gasteiger charge is -2.29.